The highest BCUT2D eigenvalue weighted by atomic mass is 16.5. The Morgan fingerprint density at radius 2 is 2.00 bits per heavy atom. The summed E-state index contributed by atoms with van der Waals surface area (Å²) in [6.07, 6.45) is 1.42. The first-order valence-corrected chi connectivity index (χ1v) is 4.93. The molecule has 0 amide bonds. The van der Waals surface area contributed by atoms with Crippen LogP contribution >= 0.6 is 0 Å². The minimum absolute atomic E-state index is 0.0328. The molecule has 2 aromatic rings. The van der Waals surface area contributed by atoms with E-state index in [1.807, 2.05) is 12.1 Å². The lowest BCUT2D eigenvalue weighted by Crippen LogP contribution is -1.97. The highest BCUT2D eigenvalue weighted by molar-refractivity contribution is 5.57. The van der Waals surface area contributed by atoms with Crippen molar-refractivity contribution in [1.29, 1.82) is 10.5 Å². The molecule has 0 unspecified atom stereocenters. The predicted octanol–water partition coefficient (Wildman–Crippen LogP) is 1.59. The van der Waals surface area contributed by atoms with Gasteiger partial charge >= 0.3 is 6.01 Å². The molecule has 0 aliphatic rings. The minimum atomic E-state index is 0.0328. The highest BCUT2D eigenvalue weighted by Crippen LogP contribution is 2.25. The monoisotopic (exact) mass is 237 g/mol. The molecular formula is C12H7N5O. The molecule has 0 spiro atoms. The maximum absolute atomic E-state index is 8.70. The van der Waals surface area contributed by atoms with Gasteiger partial charge in [0, 0.05) is 6.20 Å². The van der Waals surface area contributed by atoms with E-state index in [9.17, 15) is 0 Å². The van der Waals surface area contributed by atoms with Crippen LogP contribution in [0.1, 0.15) is 11.3 Å². The smallest absolute Gasteiger partial charge is 0.323 e. The second-order valence-corrected chi connectivity index (χ2v) is 3.30. The molecule has 0 aliphatic carbocycles. The van der Waals surface area contributed by atoms with Crippen LogP contribution in [0.25, 0.3) is 0 Å². The molecule has 0 bridgehead atoms. The van der Waals surface area contributed by atoms with Crippen molar-refractivity contribution in [2.24, 2.45) is 0 Å². The maximum atomic E-state index is 8.70. The molecule has 86 valence electrons. The summed E-state index contributed by atoms with van der Waals surface area (Å²) in [5, 5.41) is 17.4. The van der Waals surface area contributed by atoms with E-state index in [1.54, 1.807) is 12.1 Å². The van der Waals surface area contributed by atoms with E-state index in [4.69, 9.17) is 21.0 Å². The summed E-state index contributed by atoms with van der Waals surface area (Å²) in [6.45, 7) is 0. The summed E-state index contributed by atoms with van der Waals surface area (Å²) in [4.78, 5) is 7.72. The van der Waals surface area contributed by atoms with Crippen LogP contribution in [-0.2, 0) is 0 Å². The molecule has 0 saturated carbocycles. The van der Waals surface area contributed by atoms with Gasteiger partial charge in [0.05, 0.1) is 17.3 Å². The third-order valence-electron chi connectivity index (χ3n) is 2.09. The molecular weight excluding hydrogens is 230 g/mol. The quantitative estimate of drug-likeness (QED) is 0.794. The number of nitrogens with zero attached hydrogens (tertiary/aromatic N) is 4. The molecule has 1 heterocycles. The van der Waals surface area contributed by atoms with Gasteiger partial charge in [0.2, 0.25) is 0 Å². The maximum Gasteiger partial charge on any atom is 0.323 e. The number of aromatic nitrogens is 2. The molecule has 6 heteroatoms. The van der Waals surface area contributed by atoms with Crippen LogP contribution in [0.2, 0.25) is 0 Å². The third kappa shape index (κ3) is 2.34. The number of rotatable bonds is 2. The molecule has 0 saturated heterocycles. The number of hydrogen-bond acceptors (Lipinski definition) is 6. The summed E-state index contributed by atoms with van der Waals surface area (Å²) in [5.41, 5.74) is 6.66. The highest BCUT2D eigenvalue weighted by Gasteiger charge is 2.06. The fourth-order valence-electron chi connectivity index (χ4n) is 1.26. The van der Waals surface area contributed by atoms with E-state index in [1.165, 1.54) is 18.3 Å². The van der Waals surface area contributed by atoms with Gasteiger partial charge in [-0.15, -0.1) is 0 Å². The van der Waals surface area contributed by atoms with Crippen LogP contribution in [0.5, 0.6) is 11.8 Å². The van der Waals surface area contributed by atoms with Crippen molar-refractivity contribution in [3.63, 3.8) is 0 Å². The standard InChI is InChI=1S/C12H7N5O/c13-6-8-1-2-11(10(15)5-8)18-12-16-4-3-9(7-14)17-12/h1-5H,15H2. The van der Waals surface area contributed by atoms with Gasteiger partial charge < -0.3 is 10.5 Å². The van der Waals surface area contributed by atoms with Crippen LogP contribution in [0.4, 0.5) is 5.69 Å². The summed E-state index contributed by atoms with van der Waals surface area (Å²) in [5.74, 6) is 0.337. The van der Waals surface area contributed by atoms with Crippen molar-refractivity contribution < 1.29 is 4.74 Å². The van der Waals surface area contributed by atoms with Crippen LogP contribution in [0.3, 0.4) is 0 Å². The number of nitriles is 2. The Bertz CT molecular complexity index is 669. The number of nitrogens with two attached hydrogens (primary N) is 1. The average molecular weight is 237 g/mol. The predicted molar refractivity (Wildman–Crippen MR) is 62.4 cm³/mol. The first-order chi connectivity index (χ1) is 8.72. The van der Waals surface area contributed by atoms with E-state index in [2.05, 4.69) is 9.97 Å². The lowest BCUT2D eigenvalue weighted by atomic mass is 10.2. The lowest BCUT2D eigenvalue weighted by molar-refractivity contribution is 0.443. The van der Waals surface area contributed by atoms with Crippen molar-refractivity contribution in [2.75, 3.05) is 5.73 Å². The fraction of sp³-hybridized carbons (Fsp3) is 0. The van der Waals surface area contributed by atoms with Gasteiger partial charge in [0.25, 0.3) is 0 Å². The SMILES string of the molecule is N#Cc1ccc(Oc2nccc(C#N)n2)c(N)c1. The summed E-state index contributed by atoms with van der Waals surface area (Å²) in [6, 6.07) is 9.96. The molecule has 1 aromatic carbocycles. The molecule has 2 rings (SSSR count). The molecule has 0 fully saturated rings. The Kier molecular flexibility index (Phi) is 3.04. The Hall–Kier alpha value is -3.12. The number of hydrogen-bond donors (Lipinski definition) is 1. The van der Waals surface area contributed by atoms with Gasteiger partial charge in [0.1, 0.15) is 11.8 Å². The number of anilines is 1. The molecule has 6 nitrogen and oxygen atoms in total. The largest absolute Gasteiger partial charge is 0.422 e. The Balaban J connectivity index is 2.29. The van der Waals surface area contributed by atoms with Gasteiger partial charge in [-0.3, -0.25) is 0 Å². The van der Waals surface area contributed by atoms with Gasteiger partial charge in [-0.1, -0.05) is 0 Å². The van der Waals surface area contributed by atoms with Crippen molar-refractivity contribution in [3.8, 4) is 23.9 Å². The molecule has 0 radical (unpaired) electrons. The summed E-state index contributed by atoms with van der Waals surface area (Å²) >= 11 is 0. The first-order valence-electron chi connectivity index (χ1n) is 4.93. The average Bonchev–Trinajstić information content (AvgIpc) is 2.41. The van der Waals surface area contributed by atoms with Gasteiger partial charge in [0.15, 0.2) is 5.75 Å². The first kappa shape index (κ1) is 11.4. The van der Waals surface area contributed by atoms with Crippen LogP contribution < -0.4 is 10.5 Å². The lowest BCUT2D eigenvalue weighted by Gasteiger charge is -2.06. The summed E-state index contributed by atoms with van der Waals surface area (Å²) in [7, 11) is 0. The Morgan fingerprint density at radius 3 is 2.67 bits per heavy atom. The van der Waals surface area contributed by atoms with E-state index in [-0.39, 0.29) is 11.7 Å². The Labute approximate surface area is 103 Å². The molecule has 0 aliphatic heterocycles. The zero-order chi connectivity index (χ0) is 13.0. The topological polar surface area (TPSA) is 109 Å². The van der Waals surface area contributed by atoms with Crippen molar-refractivity contribution in [1.82, 2.24) is 9.97 Å². The van der Waals surface area contributed by atoms with E-state index in [0.717, 1.165) is 0 Å². The third-order valence-corrected chi connectivity index (χ3v) is 2.09. The van der Waals surface area contributed by atoms with Crippen molar-refractivity contribution in [3.05, 3.63) is 41.7 Å². The molecule has 18 heavy (non-hydrogen) atoms. The number of benzene rings is 1. The Morgan fingerprint density at radius 1 is 1.17 bits per heavy atom. The van der Waals surface area contributed by atoms with Crippen LogP contribution in [0.15, 0.2) is 30.5 Å². The molecule has 2 N–H and O–H groups in total. The van der Waals surface area contributed by atoms with Crippen LogP contribution in [0, 0.1) is 22.7 Å². The van der Waals surface area contributed by atoms with Gasteiger partial charge in [-0.2, -0.15) is 15.5 Å². The summed E-state index contributed by atoms with van der Waals surface area (Å²) < 4.78 is 5.34. The van der Waals surface area contributed by atoms with Crippen molar-refractivity contribution in [2.45, 2.75) is 0 Å². The number of nitrogen functional groups attached to an aromatic ring is 1. The second kappa shape index (κ2) is 4.81. The molecule has 0 atom stereocenters. The number of ether oxygens (including phenoxy) is 1. The van der Waals surface area contributed by atoms with E-state index in [0.29, 0.717) is 17.0 Å². The normalized spacial score (nSPS) is 9.22. The van der Waals surface area contributed by atoms with Crippen LogP contribution in [-0.4, -0.2) is 9.97 Å². The van der Waals surface area contributed by atoms with Gasteiger partial charge in [-0.05, 0) is 24.3 Å². The van der Waals surface area contributed by atoms with E-state index >= 15 is 0 Å². The molecule has 1 aromatic heterocycles. The fourth-order valence-corrected chi connectivity index (χ4v) is 1.26. The van der Waals surface area contributed by atoms with Crippen molar-refractivity contribution >= 4 is 5.69 Å². The van der Waals surface area contributed by atoms with E-state index < -0.39 is 0 Å². The zero-order valence-electron chi connectivity index (χ0n) is 9.16. The minimum Gasteiger partial charge on any atom is -0.422 e. The van der Waals surface area contributed by atoms with Gasteiger partial charge in [-0.25, -0.2) is 4.98 Å². The second-order valence-electron chi connectivity index (χ2n) is 3.30. The zero-order valence-corrected chi connectivity index (χ0v) is 9.16.